The first-order valence-electron chi connectivity index (χ1n) is 5.64. The van der Waals surface area contributed by atoms with Crippen LogP contribution in [0.4, 0.5) is 0 Å². The van der Waals surface area contributed by atoms with Gasteiger partial charge >= 0.3 is 0 Å². The van der Waals surface area contributed by atoms with Crippen LogP contribution in [0, 0.1) is 0 Å². The molecule has 0 saturated carbocycles. The van der Waals surface area contributed by atoms with Gasteiger partial charge < -0.3 is 16.8 Å². The fraction of sp³-hybridized carbons (Fsp3) is 0.385. The minimum atomic E-state index is 0.140. The molecule has 1 unspecified atom stereocenters. The van der Waals surface area contributed by atoms with E-state index in [4.69, 9.17) is 11.5 Å². The third kappa shape index (κ3) is 4.57. The van der Waals surface area contributed by atoms with E-state index in [2.05, 4.69) is 36.2 Å². The van der Waals surface area contributed by atoms with Crippen molar-refractivity contribution in [2.45, 2.75) is 12.5 Å². The Labute approximate surface area is 97.5 Å². The summed E-state index contributed by atoms with van der Waals surface area (Å²) in [5.41, 5.74) is 13.8. The number of benzene rings is 1. The van der Waals surface area contributed by atoms with E-state index in [1.807, 2.05) is 6.08 Å². The van der Waals surface area contributed by atoms with Crippen molar-refractivity contribution in [2.24, 2.45) is 11.5 Å². The molecule has 88 valence electrons. The fourth-order valence-electron chi connectivity index (χ4n) is 1.55. The van der Waals surface area contributed by atoms with Gasteiger partial charge in [0.2, 0.25) is 0 Å². The van der Waals surface area contributed by atoms with Gasteiger partial charge in [-0.15, -0.1) is 0 Å². The zero-order chi connectivity index (χ0) is 11.8. The highest BCUT2D eigenvalue weighted by atomic mass is 14.9. The van der Waals surface area contributed by atoms with E-state index in [9.17, 15) is 0 Å². The van der Waals surface area contributed by atoms with Crippen LogP contribution in [0.2, 0.25) is 0 Å². The normalized spacial score (nSPS) is 12.4. The van der Waals surface area contributed by atoms with E-state index in [0.29, 0.717) is 6.54 Å². The minimum absolute atomic E-state index is 0.140. The van der Waals surface area contributed by atoms with Gasteiger partial charge in [0.25, 0.3) is 0 Å². The Balaban J connectivity index is 2.37. The summed E-state index contributed by atoms with van der Waals surface area (Å²) in [5, 5.41) is 3.21. The summed E-state index contributed by atoms with van der Waals surface area (Å²) in [5.74, 6) is 0. The molecule has 0 saturated heterocycles. The largest absolute Gasteiger partial charge is 0.329 e. The molecule has 0 amide bonds. The van der Waals surface area contributed by atoms with Gasteiger partial charge in [-0.1, -0.05) is 36.9 Å². The van der Waals surface area contributed by atoms with Crippen LogP contribution in [0.5, 0.6) is 0 Å². The first kappa shape index (κ1) is 12.9. The van der Waals surface area contributed by atoms with Crippen molar-refractivity contribution >= 4 is 6.08 Å². The number of nitrogens with two attached hydrogens (primary N) is 2. The van der Waals surface area contributed by atoms with Crippen molar-refractivity contribution in [2.75, 3.05) is 19.6 Å². The number of rotatable bonds is 7. The molecule has 5 N–H and O–H groups in total. The monoisotopic (exact) mass is 219 g/mol. The van der Waals surface area contributed by atoms with Crippen LogP contribution in [0.15, 0.2) is 30.8 Å². The van der Waals surface area contributed by atoms with E-state index in [0.717, 1.165) is 25.1 Å². The third-order valence-corrected chi connectivity index (χ3v) is 2.44. The maximum Gasteiger partial charge on any atom is 0.0206 e. The molecule has 0 aliphatic carbocycles. The molecular formula is C13H21N3. The van der Waals surface area contributed by atoms with Crippen LogP contribution in [-0.4, -0.2) is 25.7 Å². The highest BCUT2D eigenvalue weighted by Crippen LogP contribution is 2.06. The molecule has 0 radical (unpaired) electrons. The highest BCUT2D eigenvalue weighted by Gasteiger charge is 2.03. The predicted molar refractivity (Wildman–Crippen MR) is 70.1 cm³/mol. The molecule has 3 heteroatoms. The Hall–Kier alpha value is -1.16. The summed E-state index contributed by atoms with van der Waals surface area (Å²) in [7, 11) is 0. The Kier molecular flexibility index (Phi) is 5.78. The second-order valence-corrected chi connectivity index (χ2v) is 3.90. The van der Waals surface area contributed by atoms with Gasteiger partial charge in [-0.25, -0.2) is 0 Å². The molecule has 1 rings (SSSR count). The van der Waals surface area contributed by atoms with E-state index in [1.165, 1.54) is 5.56 Å². The van der Waals surface area contributed by atoms with Crippen molar-refractivity contribution in [3.05, 3.63) is 42.0 Å². The molecule has 16 heavy (non-hydrogen) atoms. The molecule has 0 aromatic heterocycles. The van der Waals surface area contributed by atoms with E-state index in [1.54, 1.807) is 0 Å². The molecule has 0 bridgehead atoms. The third-order valence-electron chi connectivity index (χ3n) is 2.44. The van der Waals surface area contributed by atoms with Gasteiger partial charge in [0.15, 0.2) is 0 Å². The lowest BCUT2D eigenvalue weighted by Crippen LogP contribution is -2.37. The van der Waals surface area contributed by atoms with Gasteiger partial charge in [-0.3, -0.25) is 0 Å². The van der Waals surface area contributed by atoms with Gasteiger partial charge in [-0.05, 0) is 17.5 Å². The molecule has 1 aromatic carbocycles. The number of hydrogen-bond donors (Lipinski definition) is 3. The van der Waals surface area contributed by atoms with Gasteiger partial charge in [0.05, 0.1) is 0 Å². The summed E-state index contributed by atoms with van der Waals surface area (Å²) in [6.07, 6.45) is 2.72. The first-order chi connectivity index (χ1) is 7.76. The number of hydrogen-bond acceptors (Lipinski definition) is 3. The van der Waals surface area contributed by atoms with Crippen molar-refractivity contribution in [3.63, 3.8) is 0 Å². The summed E-state index contributed by atoms with van der Waals surface area (Å²) in [6.45, 7) is 6.01. The maximum atomic E-state index is 5.99. The molecule has 1 aromatic rings. The van der Waals surface area contributed by atoms with Crippen LogP contribution < -0.4 is 16.8 Å². The minimum Gasteiger partial charge on any atom is -0.329 e. The standard InChI is InChI=1S/C13H21N3/c1-2-11-3-5-12(6-4-11)9-13(15)10-16-8-7-14/h2-6,13,16H,1,7-10,14-15H2. The smallest absolute Gasteiger partial charge is 0.0206 e. The summed E-state index contributed by atoms with van der Waals surface area (Å²) >= 11 is 0. The second-order valence-electron chi connectivity index (χ2n) is 3.90. The van der Waals surface area contributed by atoms with Crippen molar-refractivity contribution < 1.29 is 0 Å². The topological polar surface area (TPSA) is 64.1 Å². The van der Waals surface area contributed by atoms with Gasteiger partial charge in [-0.2, -0.15) is 0 Å². The predicted octanol–water partition coefficient (Wildman–Crippen LogP) is 0.748. The second kappa shape index (κ2) is 7.17. The molecule has 0 heterocycles. The highest BCUT2D eigenvalue weighted by molar-refractivity contribution is 5.47. The molecule has 0 spiro atoms. The van der Waals surface area contributed by atoms with Crippen LogP contribution in [-0.2, 0) is 6.42 Å². The Morgan fingerprint density at radius 2 is 2.00 bits per heavy atom. The summed E-state index contributed by atoms with van der Waals surface area (Å²) in [6, 6.07) is 8.45. The molecule has 1 atom stereocenters. The van der Waals surface area contributed by atoms with Crippen LogP contribution >= 0.6 is 0 Å². The number of nitrogens with one attached hydrogen (secondary N) is 1. The maximum absolute atomic E-state index is 5.99. The zero-order valence-electron chi connectivity index (χ0n) is 9.65. The van der Waals surface area contributed by atoms with Crippen molar-refractivity contribution in [1.29, 1.82) is 0 Å². The average Bonchev–Trinajstić information content (AvgIpc) is 2.30. The Bertz CT molecular complexity index is 305. The molecule has 0 aliphatic rings. The summed E-state index contributed by atoms with van der Waals surface area (Å²) in [4.78, 5) is 0. The van der Waals surface area contributed by atoms with E-state index in [-0.39, 0.29) is 6.04 Å². The van der Waals surface area contributed by atoms with Crippen LogP contribution in [0.25, 0.3) is 6.08 Å². The van der Waals surface area contributed by atoms with Crippen LogP contribution in [0.1, 0.15) is 11.1 Å². The molecular weight excluding hydrogens is 198 g/mol. The summed E-state index contributed by atoms with van der Waals surface area (Å²) < 4.78 is 0. The lowest BCUT2D eigenvalue weighted by Gasteiger charge is -2.12. The van der Waals surface area contributed by atoms with Gasteiger partial charge in [0, 0.05) is 25.7 Å². The molecule has 3 nitrogen and oxygen atoms in total. The lowest BCUT2D eigenvalue weighted by atomic mass is 10.0. The average molecular weight is 219 g/mol. The van der Waals surface area contributed by atoms with E-state index >= 15 is 0 Å². The Morgan fingerprint density at radius 1 is 1.31 bits per heavy atom. The fourth-order valence-corrected chi connectivity index (χ4v) is 1.55. The first-order valence-corrected chi connectivity index (χ1v) is 5.64. The van der Waals surface area contributed by atoms with E-state index < -0.39 is 0 Å². The molecule has 0 aliphatic heterocycles. The van der Waals surface area contributed by atoms with Crippen molar-refractivity contribution in [3.8, 4) is 0 Å². The lowest BCUT2D eigenvalue weighted by molar-refractivity contribution is 0.578. The Morgan fingerprint density at radius 3 is 2.56 bits per heavy atom. The van der Waals surface area contributed by atoms with Gasteiger partial charge in [0.1, 0.15) is 0 Å². The van der Waals surface area contributed by atoms with Crippen molar-refractivity contribution in [1.82, 2.24) is 5.32 Å². The zero-order valence-corrected chi connectivity index (χ0v) is 9.65. The molecule has 0 fully saturated rings. The SMILES string of the molecule is C=Cc1ccc(CC(N)CNCCN)cc1. The quantitative estimate of drug-likeness (QED) is 0.593. The van der Waals surface area contributed by atoms with Crippen LogP contribution in [0.3, 0.4) is 0 Å².